The van der Waals surface area contributed by atoms with E-state index in [1.807, 2.05) is 0 Å². The lowest BCUT2D eigenvalue weighted by molar-refractivity contribution is -0.129. The number of rotatable bonds is 3. The Labute approximate surface area is 96.3 Å². The smallest absolute Gasteiger partial charge is 0.237 e. The fourth-order valence-electron chi connectivity index (χ4n) is 2.62. The Morgan fingerprint density at radius 3 is 2.62 bits per heavy atom. The highest BCUT2D eigenvalue weighted by molar-refractivity contribution is 5.80. The lowest BCUT2D eigenvalue weighted by Gasteiger charge is -2.35. The third kappa shape index (κ3) is 2.53. The molecule has 3 unspecified atom stereocenters. The average molecular weight is 227 g/mol. The van der Waals surface area contributed by atoms with Crippen LogP contribution in [0.5, 0.6) is 0 Å². The zero-order valence-electron chi connectivity index (χ0n) is 9.82. The van der Waals surface area contributed by atoms with Gasteiger partial charge < -0.3 is 15.8 Å². The van der Waals surface area contributed by atoms with Gasteiger partial charge in [0.05, 0.1) is 12.2 Å². The van der Waals surface area contributed by atoms with Gasteiger partial charge in [-0.15, -0.1) is 0 Å². The summed E-state index contributed by atoms with van der Waals surface area (Å²) in [6.45, 7) is 5.65. The predicted octanol–water partition coefficient (Wildman–Crippen LogP) is -0.687. The minimum Gasteiger partial charge on any atom is -0.373 e. The first-order chi connectivity index (χ1) is 7.68. The van der Waals surface area contributed by atoms with E-state index >= 15 is 0 Å². The molecule has 0 aromatic heterocycles. The molecule has 2 rings (SSSR count). The molecule has 0 radical (unpaired) electrons. The summed E-state index contributed by atoms with van der Waals surface area (Å²) in [4.78, 5) is 13.7. The number of ether oxygens (including phenoxy) is 1. The SMILES string of the molecule is CC1CCC(C(C(N)=O)N2CCNCC2)O1. The first-order valence-corrected chi connectivity index (χ1v) is 6.08. The van der Waals surface area contributed by atoms with Gasteiger partial charge in [0.25, 0.3) is 0 Å². The Morgan fingerprint density at radius 1 is 1.44 bits per heavy atom. The molecule has 16 heavy (non-hydrogen) atoms. The molecule has 1 amide bonds. The summed E-state index contributed by atoms with van der Waals surface area (Å²) in [5.74, 6) is -0.249. The van der Waals surface area contributed by atoms with Crippen LogP contribution in [0.15, 0.2) is 0 Å². The molecule has 92 valence electrons. The van der Waals surface area contributed by atoms with Gasteiger partial charge >= 0.3 is 0 Å². The summed E-state index contributed by atoms with van der Waals surface area (Å²) in [6, 6.07) is -0.243. The van der Waals surface area contributed by atoms with Crippen molar-refractivity contribution in [1.29, 1.82) is 0 Å². The van der Waals surface area contributed by atoms with Crippen LogP contribution >= 0.6 is 0 Å². The van der Waals surface area contributed by atoms with E-state index in [9.17, 15) is 4.79 Å². The molecule has 0 bridgehead atoms. The van der Waals surface area contributed by atoms with E-state index < -0.39 is 0 Å². The second-order valence-electron chi connectivity index (χ2n) is 4.70. The summed E-state index contributed by atoms with van der Waals surface area (Å²) in [5.41, 5.74) is 5.51. The molecule has 2 aliphatic heterocycles. The number of carbonyl (C=O) groups is 1. The van der Waals surface area contributed by atoms with Crippen LogP contribution in [0.4, 0.5) is 0 Å². The van der Waals surface area contributed by atoms with E-state index in [1.165, 1.54) is 0 Å². The largest absolute Gasteiger partial charge is 0.373 e. The van der Waals surface area contributed by atoms with E-state index in [-0.39, 0.29) is 24.2 Å². The zero-order chi connectivity index (χ0) is 11.5. The van der Waals surface area contributed by atoms with Crippen molar-refractivity contribution in [1.82, 2.24) is 10.2 Å². The highest BCUT2D eigenvalue weighted by atomic mass is 16.5. The zero-order valence-corrected chi connectivity index (χ0v) is 9.82. The molecule has 5 nitrogen and oxygen atoms in total. The number of primary amides is 1. The first kappa shape index (κ1) is 11.8. The molecule has 0 aromatic carbocycles. The van der Waals surface area contributed by atoms with Gasteiger partial charge in [0.2, 0.25) is 5.91 Å². The molecule has 2 fully saturated rings. The number of nitrogens with two attached hydrogens (primary N) is 1. The van der Waals surface area contributed by atoms with Gasteiger partial charge in [-0.05, 0) is 19.8 Å². The Bertz CT molecular complexity index is 249. The van der Waals surface area contributed by atoms with Gasteiger partial charge in [0, 0.05) is 26.2 Å². The number of nitrogens with one attached hydrogen (secondary N) is 1. The minimum absolute atomic E-state index is 0.00870. The van der Waals surface area contributed by atoms with E-state index in [4.69, 9.17) is 10.5 Å². The molecular weight excluding hydrogens is 206 g/mol. The fraction of sp³-hybridized carbons (Fsp3) is 0.909. The van der Waals surface area contributed by atoms with E-state index in [2.05, 4.69) is 17.1 Å². The van der Waals surface area contributed by atoms with E-state index in [0.29, 0.717) is 0 Å². The molecule has 0 aromatic rings. The Balaban J connectivity index is 2.01. The molecule has 2 saturated heterocycles. The Kier molecular flexibility index (Phi) is 3.78. The van der Waals surface area contributed by atoms with Crippen molar-refractivity contribution >= 4 is 5.91 Å². The number of carbonyl (C=O) groups excluding carboxylic acids is 1. The summed E-state index contributed by atoms with van der Waals surface area (Å²) in [6.07, 6.45) is 2.22. The maximum Gasteiger partial charge on any atom is 0.237 e. The van der Waals surface area contributed by atoms with Crippen LogP contribution in [0, 0.1) is 0 Å². The maximum atomic E-state index is 11.6. The topological polar surface area (TPSA) is 67.6 Å². The molecule has 3 N–H and O–H groups in total. The van der Waals surface area contributed by atoms with Crippen molar-refractivity contribution in [2.75, 3.05) is 26.2 Å². The average Bonchev–Trinajstić information content (AvgIpc) is 2.66. The highest BCUT2D eigenvalue weighted by Gasteiger charge is 2.37. The lowest BCUT2D eigenvalue weighted by Crippen LogP contribution is -2.57. The highest BCUT2D eigenvalue weighted by Crippen LogP contribution is 2.24. The van der Waals surface area contributed by atoms with Crippen LogP contribution in [-0.4, -0.2) is 55.2 Å². The van der Waals surface area contributed by atoms with Gasteiger partial charge in [-0.1, -0.05) is 0 Å². The van der Waals surface area contributed by atoms with Crippen LogP contribution < -0.4 is 11.1 Å². The molecule has 5 heteroatoms. The van der Waals surface area contributed by atoms with Crippen molar-refractivity contribution < 1.29 is 9.53 Å². The number of hydrogen-bond acceptors (Lipinski definition) is 4. The van der Waals surface area contributed by atoms with Crippen molar-refractivity contribution in [3.63, 3.8) is 0 Å². The number of amides is 1. The third-order valence-corrected chi connectivity index (χ3v) is 3.45. The van der Waals surface area contributed by atoms with Crippen molar-refractivity contribution in [3.05, 3.63) is 0 Å². The van der Waals surface area contributed by atoms with Gasteiger partial charge in [0.1, 0.15) is 6.04 Å². The molecular formula is C11H21N3O2. The second-order valence-corrected chi connectivity index (χ2v) is 4.70. The second kappa shape index (κ2) is 5.12. The van der Waals surface area contributed by atoms with Crippen molar-refractivity contribution in [3.8, 4) is 0 Å². The Morgan fingerprint density at radius 2 is 2.12 bits per heavy atom. The maximum absolute atomic E-state index is 11.6. The van der Waals surface area contributed by atoms with Crippen LogP contribution in [-0.2, 0) is 9.53 Å². The van der Waals surface area contributed by atoms with Gasteiger partial charge in [-0.3, -0.25) is 9.69 Å². The van der Waals surface area contributed by atoms with Gasteiger partial charge in [-0.25, -0.2) is 0 Å². The normalized spacial score (nSPS) is 33.8. The van der Waals surface area contributed by atoms with E-state index in [0.717, 1.165) is 39.0 Å². The van der Waals surface area contributed by atoms with Crippen LogP contribution in [0.1, 0.15) is 19.8 Å². The predicted molar refractivity (Wildman–Crippen MR) is 61.0 cm³/mol. The van der Waals surface area contributed by atoms with Crippen LogP contribution in [0.3, 0.4) is 0 Å². The van der Waals surface area contributed by atoms with E-state index in [1.54, 1.807) is 0 Å². The summed E-state index contributed by atoms with van der Waals surface area (Å²) in [5, 5.41) is 3.27. The third-order valence-electron chi connectivity index (χ3n) is 3.45. The Hall–Kier alpha value is -0.650. The number of piperazine rings is 1. The standard InChI is InChI=1S/C11H21N3O2/c1-8-2-3-9(16-8)10(11(12)15)14-6-4-13-5-7-14/h8-10,13H,2-7H2,1H3,(H2,12,15). The molecule has 0 saturated carbocycles. The molecule has 3 atom stereocenters. The molecule has 0 aliphatic carbocycles. The molecule has 0 spiro atoms. The summed E-state index contributed by atoms with van der Waals surface area (Å²) >= 11 is 0. The summed E-state index contributed by atoms with van der Waals surface area (Å²) in [7, 11) is 0. The van der Waals surface area contributed by atoms with Crippen molar-refractivity contribution in [2.24, 2.45) is 5.73 Å². The monoisotopic (exact) mass is 227 g/mol. The first-order valence-electron chi connectivity index (χ1n) is 6.08. The van der Waals surface area contributed by atoms with Crippen molar-refractivity contribution in [2.45, 2.75) is 38.0 Å². The minimum atomic E-state index is -0.249. The molecule has 2 heterocycles. The van der Waals surface area contributed by atoms with Crippen LogP contribution in [0.25, 0.3) is 0 Å². The fourth-order valence-corrected chi connectivity index (χ4v) is 2.62. The van der Waals surface area contributed by atoms with Gasteiger partial charge in [-0.2, -0.15) is 0 Å². The van der Waals surface area contributed by atoms with Crippen LogP contribution in [0.2, 0.25) is 0 Å². The number of nitrogens with zero attached hydrogens (tertiary/aromatic N) is 1. The molecule has 2 aliphatic rings. The van der Waals surface area contributed by atoms with Gasteiger partial charge in [0.15, 0.2) is 0 Å². The lowest BCUT2D eigenvalue weighted by atomic mass is 10.0. The summed E-state index contributed by atoms with van der Waals surface area (Å²) < 4.78 is 5.78. The quantitative estimate of drug-likeness (QED) is 0.670. The number of hydrogen-bond donors (Lipinski definition) is 2.